The number of halogens is 1. The first kappa shape index (κ1) is 12.7. The molecule has 94 valence electrons. The van der Waals surface area contributed by atoms with Crippen molar-refractivity contribution in [2.75, 3.05) is 5.75 Å². The molecule has 1 aliphatic heterocycles. The number of hydrogen-bond donors (Lipinski definition) is 1. The minimum atomic E-state index is -0.815. The predicted octanol–water partition coefficient (Wildman–Crippen LogP) is 2.39. The van der Waals surface area contributed by atoms with Crippen LogP contribution in [0.15, 0.2) is 24.3 Å². The summed E-state index contributed by atoms with van der Waals surface area (Å²) < 4.78 is 24.9. The molecule has 0 aromatic heterocycles. The van der Waals surface area contributed by atoms with Crippen LogP contribution in [0, 0.1) is 5.82 Å². The van der Waals surface area contributed by atoms with E-state index in [1.807, 2.05) is 6.92 Å². The summed E-state index contributed by atoms with van der Waals surface area (Å²) in [5.74, 6) is 0.511. The van der Waals surface area contributed by atoms with Crippen LogP contribution < -0.4 is 5.32 Å². The van der Waals surface area contributed by atoms with Crippen LogP contribution in [-0.4, -0.2) is 21.3 Å². The lowest BCUT2D eigenvalue weighted by Gasteiger charge is -2.24. The molecule has 1 saturated heterocycles. The van der Waals surface area contributed by atoms with Gasteiger partial charge in [0.2, 0.25) is 0 Å². The monoisotopic (exact) mass is 255 g/mol. The summed E-state index contributed by atoms with van der Waals surface area (Å²) >= 11 is 0. The van der Waals surface area contributed by atoms with Gasteiger partial charge in [-0.1, -0.05) is 12.1 Å². The third kappa shape index (κ3) is 2.93. The van der Waals surface area contributed by atoms with E-state index >= 15 is 0 Å². The molecule has 17 heavy (non-hydrogen) atoms. The maximum atomic E-state index is 12.9. The second-order valence-electron chi connectivity index (χ2n) is 4.68. The highest BCUT2D eigenvalue weighted by atomic mass is 32.2. The van der Waals surface area contributed by atoms with E-state index in [4.69, 9.17) is 0 Å². The molecule has 1 heterocycles. The predicted molar refractivity (Wildman–Crippen MR) is 68.8 cm³/mol. The van der Waals surface area contributed by atoms with E-state index in [1.54, 1.807) is 12.1 Å². The van der Waals surface area contributed by atoms with E-state index < -0.39 is 10.8 Å². The van der Waals surface area contributed by atoms with Gasteiger partial charge >= 0.3 is 0 Å². The highest BCUT2D eigenvalue weighted by Crippen LogP contribution is 2.25. The van der Waals surface area contributed by atoms with Gasteiger partial charge in [0, 0.05) is 28.6 Å². The summed E-state index contributed by atoms with van der Waals surface area (Å²) in [4.78, 5) is 0. The molecule has 1 aliphatic rings. The molecular weight excluding hydrogens is 237 g/mol. The molecule has 1 N–H and O–H groups in total. The Bertz CT molecular complexity index is 406. The lowest BCUT2D eigenvalue weighted by Crippen LogP contribution is -2.34. The van der Waals surface area contributed by atoms with Crippen molar-refractivity contribution in [2.45, 2.75) is 37.6 Å². The molecule has 1 aromatic rings. The molecule has 0 saturated carbocycles. The van der Waals surface area contributed by atoms with Gasteiger partial charge in [0.15, 0.2) is 0 Å². The van der Waals surface area contributed by atoms with Gasteiger partial charge < -0.3 is 5.32 Å². The van der Waals surface area contributed by atoms with Gasteiger partial charge in [-0.15, -0.1) is 0 Å². The number of benzene rings is 1. The first-order chi connectivity index (χ1) is 8.08. The molecule has 0 bridgehead atoms. The fourth-order valence-corrected chi connectivity index (χ4v) is 3.69. The molecule has 2 nitrogen and oxygen atoms in total. The highest BCUT2D eigenvalue weighted by Gasteiger charge is 2.28. The highest BCUT2D eigenvalue weighted by molar-refractivity contribution is 7.85. The van der Waals surface area contributed by atoms with Crippen LogP contribution in [0.2, 0.25) is 0 Å². The quantitative estimate of drug-likeness (QED) is 0.835. The zero-order valence-electron chi connectivity index (χ0n) is 10.2. The molecular formula is C13H18FNOS. The Balaban J connectivity index is 2.27. The van der Waals surface area contributed by atoms with Crippen LogP contribution in [0.25, 0.3) is 0 Å². The molecule has 0 spiro atoms. The van der Waals surface area contributed by atoms with Crippen LogP contribution in [0.3, 0.4) is 0 Å². The van der Waals surface area contributed by atoms with Crippen molar-refractivity contribution in [2.24, 2.45) is 0 Å². The minimum absolute atomic E-state index is 0.0499. The van der Waals surface area contributed by atoms with Crippen LogP contribution in [-0.2, 0) is 10.8 Å². The maximum Gasteiger partial charge on any atom is 0.123 e. The third-order valence-corrected chi connectivity index (χ3v) is 5.07. The smallest absolute Gasteiger partial charge is 0.123 e. The lowest BCUT2D eigenvalue weighted by molar-refractivity contribution is 0.454. The Labute approximate surface area is 104 Å². The normalized spacial score (nSPS) is 34.3. The van der Waals surface area contributed by atoms with Crippen molar-refractivity contribution in [3.63, 3.8) is 0 Å². The summed E-state index contributed by atoms with van der Waals surface area (Å²) in [7, 11) is -0.815. The zero-order valence-corrected chi connectivity index (χ0v) is 11.0. The van der Waals surface area contributed by atoms with Gasteiger partial charge in [-0.2, -0.15) is 0 Å². The summed E-state index contributed by atoms with van der Waals surface area (Å²) in [6.45, 7) is 4.10. The van der Waals surface area contributed by atoms with Crippen molar-refractivity contribution in [1.29, 1.82) is 0 Å². The second kappa shape index (κ2) is 5.27. The average Bonchev–Trinajstić information content (AvgIpc) is 2.44. The van der Waals surface area contributed by atoms with Gasteiger partial charge in [0.05, 0.1) is 5.25 Å². The van der Waals surface area contributed by atoms with E-state index in [9.17, 15) is 8.60 Å². The van der Waals surface area contributed by atoms with Crippen LogP contribution in [0.1, 0.15) is 31.9 Å². The first-order valence-electron chi connectivity index (χ1n) is 5.96. The number of rotatable bonds is 1. The minimum Gasteiger partial charge on any atom is -0.306 e. The van der Waals surface area contributed by atoms with Crippen LogP contribution in [0.5, 0.6) is 0 Å². The molecule has 0 amide bonds. The van der Waals surface area contributed by atoms with Crippen LogP contribution >= 0.6 is 0 Å². The second-order valence-corrected chi connectivity index (χ2v) is 6.59. The van der Waals surface area contributed by atoms with Crippen molar-refractivity contribution >= 4 is 10.8 Å². The summed E-state index contributed by atoms with van der Waals surface area (Å²) in [5.41, 5.74) is 1.01. The molecule has 4 heteroatoms. The van der Waals surface area contributed by atoms with Crippen molar-refractivity contribution in [1.82, 2.24) is 5.32 Å². The van der Waals surface area contributed by atoms with E-state index in [-0.39, 0.29) is 17.1 Å². The Kier molecular flexibility index (Phi) is 3.94. The maximum absolute atomic E-state index is 12.9. The zero-order chi connectivity index (χ0) is 12.4. The first-order valence-corrected chi connectivity index (χ1v) is 7.35. The van der Waals surface area contributed by atoms with Gasteiger partial charge in [-0.25, -0.2) is 4.39 Å². The molecule has 2 rings (SSSR count). The molecule has 4 atom stereocenters. The molecule has 0 aliphatic carbocycles. The van der Waals surface area contributed by atoms with Crippen LogP contribution in [0.4, 0.5) is 4.39 Å². The Morgan fingerprint density at radius 1 is 1.29 bits per heavy atom. The number of hydrogen-bond acceptors (Lipinski definition) is 2. The van der Waals surface area contributed by atoms with E-state index in [1.165, 1.54) is 12.1 Å². The summed E-state index contributed by atoms with van der Waals surface area (Å²) in [6, 6.07) is 6.87. The largest absolute Gasteiger partial charge is 0.306 e. The Morgan fingerprint density at radius 2 is 1.94 bits per heavy atom. The molecule has 0 radical (unpaired) electrons. The van der Waals surface area contributed by atoms with Gasteiger partial charge in [0.25, 0.3) is 0 Å². The van der Waals surface area contributed by atoms with Gasteiger partial charge in [0.1, 0.15) is 5.82 Å². The lowest BCUT2D eigenvalue weighted by atomic mass is 10.0. The standard InChI is InChI=1S/C13H18FNOS/c1-9-7-8-17(16)10(2)13(15-9)11-3-5-12(14)6-4-11/h3-6,9-10,13,15H,7-8H2,1-2H3. The van der Waals surface area contributed by atoms with Crippen molar-refractivity contribution in [3.05, 3.63) is 35.6 Å². The van der Waals surface area contributed by atoms with E-state index in [2.05, 4.69) is 12.2 Å². The molecule has 1 fully saturated rings. The topological polar surface area (TPSA) is 29.1 Å². The third-order valence-electron chi connectivity index (χ3n) is 3.33. The van der Waals surface area contributed by atoms with Crippen molar-refractivity contribution in [3.8, 4) is 0 Å². The van der Waals surface area contributed by atoms with E-state index in [0.717, 1.165) is 17.7 Å². The fraction of sp³-hybridized carbons (Fsp3) is 0.538. The molecule has 4 unspecified atom stereocenters. The van der Waals surface area contributed by atoms with Gasteiger partial charge in [-0.05, 0) is 38.0 Å². The van der Waals surface area contributed by atoms with E-state index in [0.29, 0.717) is 6.04 Å². The Hall–Kier alpha value is -0.740. The average molecular weight is 255 g/mol. The van der Waals surface area contributed by atoms with Gasteiger partial charge in [-0.3, -0.25) is 4.21 Å². The molecule has 1 aromatic carbocycles. The number of nitrogens with one attached hydrogen (secondary N) is 1. The SMILES string of the molecule is CC1CCS(=O)C(C)C(c2ccc(F)cc2)N1. The van der Waals surface area contributed by atoms with Crippen molar-refractivity contribution < 1.29 is 8.60 Å². The fourth-order valence-electron chi connectivity index (χ4n) is 2.19. The summed E-state index contributed by atoms with van der Waals surface area (Å²) in [6.07, 6.45) is 0.925. The Morgan fingerprint density at radius 3 is 2.59 bits per heavy atom. The summed E-state index contributed by atoms with van der Waals surface area (Å²) in [5, 5.41) is 3.54.